The molecule has 0 saturated heterocycles. The summed E-state index contributed by atoms with van der Waals surface area (Å²) in [5.41, 5.74) is 1.06. The Morgan fingerprint density at radius 3 is 2.50 bits per heavy atom. The molecule has 0 aliphatic heterocycles. The molecule has 2 aromatic heterocycles. The largest absolute Gasteiger partial charge is 0.495 e. The minimum absolute atomic E-state index is 0.109. The van der Waals surface area contributed by atoms with Gasteiger partial charge in [0.1, 0.15) is 17.9 Å². The molecule has 24 heavy (non-hydrogen) atoms. The molecule has 0 aliphatic carbocycles. The summed E-state index contributed by atoms with van der Waals surface area (Å²) in [6.07, 6.45) is 1.02. The molecule has 1 atom stereocenters. The first-order valence-electron chi connectivity index (χ1n) is 7.79. The molecular weight excluding hydrogens is 310 g/mol. The van der Waals surface area contributed by atoms with E-state index in [0.29, 0.717) is 28.5 Å². The summed E-state index contributed by atoms with van der Waals surface area (Å²) >= 11 is 0. The quantitative estimate of drug-likeness (QED) is 0.746. The van der Waals surface area contributed by atoms with Gasteiger partial charge in [-0.25, -0.2) is 4.98 Å². The van der Waals surface area contributed by atoms with Gasteiger partial charge in [-0.1, -0.05) is 13.8 Å². The van der Waals surface area contributed by atoms with Crippen LogP contribution in [0.5, 0.6) is 17.2 Å². The summed E-state index contributed by atoms with van der Waals surface area (Å²) in [5.74, 6) is 1.79. The van der Waals surface area contributed by atoms with Gasteiger partial charge in [0.25, 0.3) is 0 Å². The first-order chi connectivity index (χ1) is 11.6. The van der Waals surface area contributed by atoms with Crippen LogP contribution in [0.3, 0.4) is 0 Å². The number of hydrogen-bond acceptors (Lipinski definition) is 6. The van der Waals surface area contributed by atoms with Gasteiger partial charge in [0.05, 0.1) is 32.0 Å². The standard InChI is InChI=1S/C18H21NO5/c1-10(2)13(20)9-24-14-6-5-11-15(17(14)22-4)19-18-12(7-8-23-18)16(11)21-3/h5-8,10,13,20H,9H2,1-4H3/t13-/m0/s1. The van der Waals surface area contributed by atoms with Gasteiger partial charge in [-0.05, 0) is 24.1 Å². The topological polar surface area (TPSA) is 74.0 Å². The molecule has 1 N–H and O–H groups in total. The summed E-state index contributed by atoms with van der Waals surface area (Å²) in [4.78, 5) is 4.53. The molecule has 3 rings (SSSR count). The van der Waals surface area contributed by atoms with E-state index < -0.39 is 6.10 Å². The van der Waals surface area contributed by atoms with Gasteiger partial charge in [-0.3, -0.25) is 0 Å². The van der Waals surface area contributed by atoms with E-state index in [1.807, 2.05) is 26.0 Å². The number of benzene rings is 1. The maximum absolute atomic E-state index is 9.94. The first kappa shape index (κ1) is 16.4. The Hall–Kier alpha value is -2.47. The van der Waals surface area contributed by atoms with Gasteiger partial charge in [0.2, 0.25) is 5.71 Å². The zero-order valence-electron chi connectivity index (χ0n) is 14.2. The highest BCUT2D eigenvalue weighted by atomic mass is 16.5. The third-order valence-electron chi connectivity index (χ3n) is 4.03. The fourth-order valence-corrected chi connectivity index (χ4v) is 2.55. The van der Waals surface area contributed by atoms with Crippen molar-refractivity contribution in [1.82, 2.24) is 4.98 Å². The Balaban J connectivity index is 2.11. The molecule has 0 amide bonds. The van der Waals surface area contributed by atoms with Crippen LogP contribution in [0.1, 0.15) is 13.8 Å². The van der Waals surface area contributed by atoms with Crippen LogP contribution >= 0.6 is 0 Å². The number of furan rings is 1. The van der Waals surface area contributed by atoms with Crippen molar-refractivity contribution in [3.8, 4) is 17.2 Å². The highest BCUT2D eigenvalue weighted by Gasteiger charge is 2.19. The summed E-state index contributed by atoms with van der Waals surface area (Å²) < 4.78 is 22.2. The van der Waals surface area contributed by atoms with Crippen molar-refractivity contribution >= 4 is 22.0 Å². The first-order valence-corrected chi connectivity index (χ1v) is 7.79. The number of aromatic nitrogens is 1. The Labute approximate surface area is 139 Å². The lowest BCUT2D eigenvalue weighted by molar-refractivity contribution is 0.0690. The number of nitrogens with zero attached hydrogens (tertiary/aromatic N) is 1. The SMILES string of the molecule is COc1c2ccoc2nc2c(OC)c(OC[C@H](O)C(C)C)ccc12. The molecule has 0 aliphatic rings. The van der Waals surface area contributed by atoms with E-state index in [2.05, 4.69) is 4.98 Å². The zero-order valence-corrected chi connectivity index (χ0v) is 14.2. The molecule has 0 spiro atoms. The molecular formula is C18H21NO5. The minimum Gasteiger partial charge on any atom is -0.495 e. The maximum atomic E-state index is 9.94. The Morgan fingerprint density at radius 1 is 1.08 bits per heavy atom. The fourth-order valence-electron chi connectivity index (χ4n) is 2.55. The number of pyridine rings is 1. The van der Waals surface area contributed by atoms with E-state index in [-0.39, 0.29) is 12.5 Å². The second kappa shape index (κ2) is 6.57. The molecule has 0 radical (unpaired) electrons. The third-order valence-corrected chi connectivity index (χ3v) is 4.03. The second-order valence-electron chi connectivity index (χ2n) is 5.90. The Kier molecular flexibility index (Phi) is 4.49. The highest BCUT2D eigenvalue weighted by Crippen LogP contribution is 2.41. The van der Waals surface area contributed by atoms with Crippen LogP contribution < -0.4 is 14.2 Å². The van der Waals surface area contributed by atoms with Gasteiger partial charge in [0.15, 0.2) is 11.5 Å². The summed E-state index contributed by atoms with van der Waals surface area (Å²) in [6.45, 7) is 4.05. The molecule has 0 unspecified atom stereocenters. The van der Waals surface area contributed by atoms with Crippen LogP contribution in [0.15, 0.2) is 28.9 Å². The number of rotatable bonds is 6. The van der Waals surface area contributed by atoms with Crippen LogP contribution in [-0.2, 0) is 0 Å². The molecule has 0 fully saturated rings. The lowest BCUT2D eigenvalue weighted by Crippen LogP contribution is -2.23. The van der Waals surface area contributed by atoms with Gasteiger partial charge < -0.3 is 23.7 Å². The molecule has 2 heterocycles. The molecule has 0 bridgehead atoms. The summed E-state index contributed by atoms with van der Waals surface area (Å²) in [5, 5.41) is 11.6. The normalized spacial score (nSPS) is 12.8. The molecule has 3 aromatic rings. The average Bonchev–Trinajstić information content (AvgIpc) is 3.04. The fraction of sp³-hybridized carbons (Fsp3) is 0.389. The monoisotopic (exact) mass is 331 g/mol. The van der Waals surface area contributed by atoms with Gasteiger partial charge in [-0.2, -0.15) is 0 Å². The van der Waals surface area contributed by atoms with Crippen molar-refractivity contribution in [3.63, 3.8) is 0 Å². The third kappa shape index (κ3) is 2.73. The van der Waals surface area contributed by atoms with Gasteiger partial charge >= 0.3 is 0 Å². The number of aliphatic hydroxyl groups is 1. The Bertz CT molecular complexity index is 855. The number of ether oxygens (including phenoxy) is 3. The van der Waals surface area contributed by atoms with Crippen molar-refractivity contribution in [2.24, 2.45) is 5.92 Å². The number of methoxy groups -OCH3 is 2. The zero-order chi connectivity index (χ0) is 17.3. The Morgan fingerprint density at radius 2 is 1.83 bits per heavy atom. The summed E-state index contributed by atoms with van der Waals surface area (Å²) in [7, 11) is 3.16. The lowest BCUT2D eigenvalue weighted by Gasteiger charge is -2.18. The lowest BCUT2D eigenvalue weighted by atomic mass is 10.1. The second-order valence-corrected chi connectivity index (χ2v) is 5.90. The summed E-state index contributed by atoms with van der Waals surface area (Å²) in [6, 6.07) is 5.48. The van der Waals surface area contributed by atoms with Gasteiger partial charge in [0, 0.05) is 5.39 Å². The number of fused-ring (bicyclic) bond motifs is 2. The molecule has 128 valence electrons. The van der Waals surface area contributed by atoms with Crippen LogP contribution in [0.4, 0.5) is 0 Å². The van der Waals surface area contributed by atoms with Crippen molar-refractivity contribution in [3.05, 3.63) is 24.5 Å². The molecule has 1 aromatic carbocycles. The van der Waals surface area contributed by atoms with E-state index in [0.717, 1.165) is 10.8 Å². The minimum atomic E-state index is -0.555. The maximum Gasteiger partial charge on any atom is 0.230 e. The van der Waals surface area contributed by atoms with Gasteiger partial charge in [-0.15, -0.1) is 0 Å². The van der Waals surface area contributed by atoms with Crippen molar-refractivity contribution in [2.75, 3.05) is 20.8 Å². The van der Waals surface area contributed by atoms with Crippen LogP contribution in [0, 0.1) is 5.92 Å². The molecule has 6 heteroatoms. The van der Waals surface area contributed by atoms with Crippen molar-refractivity contribution < 1.29 is 23.7 Å². The average molecular weight is 331 g/mol. The highest BCUT2D eigenvalue weighted by molar-refractivity contribution is 6.02. The predicted octanol–water partition coefficient (Wildman–Crippen LogP) is 3.39. The van der Waals surface area contributed by atoms with E-state index in [1.165, 1.54) is 0 Å². The van der Waals surface area contributed by atoms with Crippen LogP contribution in [0.25, 0.3) is 22.0 Å². The molecule has 0 saturated carbocycles. The number of aliphatic hydroxyl groups excluding tert-OH is 1. The van der Waals surface area contributed by atoms with Crippen molar-refractivity contribution in [1.29, 1.82) is 0 Å². The molecule has 6 nitrogen and oxygen atoms in total. The van der Waals surface area contributed by atoms with Crippen molar-refractivity contribution in [2.45, 2.75) is 20.0 Å². The number of hydrogen-bond donors (Lipinski definition) is 1. The van der Waals surface area contributed by atoms with E-state index in [1.54, 1.807) is 26.5 Å². The van der Waals surface area contributed by atoms with E-state index in [9.17, 15) is 5.11 Å². The predicted molar refractivity (Wildman–Crippen MR) is 91.0 cm³/mol. The van der Waals surface area contributed by atoms with Crippen LogP contribution in [0.2, 0.25) is 0 Å². The van der Waals surface area contributed by atoms with E-state index >= 15 is 0 Å². The van der Waals surface area contributed by atoms with E-state index in [4.69, 9.17) is 18.6 Å². The smallest absolute Gasteiger partial charge is 0.230 e. The van der Waals surface area contributed by atoms with Crippen LogP contribution in [-0.4, -0.2) is 37.0 Å².